The molecule has 4 aromatic rings. The average Bonchev–Trinajstić information content (AvgIpc) is 4.09. The maximum absolute atomic E-state index is 13.0. The van der Waals surface area contributed by atoms with Crippen LogP contribution in [0.4, 0.5) is 0 Å². The molecule has 4 rings (SSSR count). The largest absolute Gasteiger partial charge is 0.480 e. The van der Waals surface area contributed by atoms with Crippen molar-refractivity contribution in [3.63, 3.8) is 0 Å². The van der Waals surface area contributed by atoms with Crippen LogP contribution in [0, 0.1) is 0 Å². The van der Waals surface area contributed by atoms with Crippen LogP contribution in [0.3, 0.4) is 0 Å². The number of amides is 6. The van der Waals surface area contributed by atoms with Gasteiger partial charge in [0, 0.05) is 46.6 Å². The summed E-state index contributed by atoms with van der Waals surface area (Å²) >= 11 is 2.47. The second-order valence-corrected chi connectivity index (χ2v) is 19.1. The number of carbonyl (C=O) groups is 12. The molecule has 10 N–H and O–H groups in total. The molecule has 2 aromatic heterocycles. The SMILES string of the molecule is O=C(O)CNC(=O)[C@H](CSSC[C@H](NC(=O)CC[C@H](NC(=O)c1ccc(C(=O)c2cccs2)cc1)C(=O)O)C(=O)NCC(=O)O)NC(=O)CC[C@H](NC(=O)c1ccc(C(=O)c2cccs2)cc1)C(=O)O. The van der Waals surface area contributed by atoms with Gasteiger partial charge < -0.3 is 52.3 Å². The summed E-state index contributed by atoms with van der Waals surface area (Å²) in [5.41, 5.74) is 0.654. The molecule has 370 valence electrons. The number of ketones is 2. The summed E-state index contributed by atoms with van der Waals surface area (Å²) in [5.74, 6) is -12.2. The van der Waals surface area contributed by atoms with Crippen molar-refractivity contribution in [1.82, 2.24) is 31.9 Å². The van der Waals surface area contributed by atoms with Crippen molar-refractivity contribution in [3.8, 4) is 0 Å². The summed E-state index contributed by atoms with van der Waals surface area (Å²) in [7, 11) is 1.72. The van der Waals surface area contributed by atoms with Crippen molar-refractivity contribution in [2.24, 2.45) is 0 Å². The minimum Gasteiger partial charge on any atom is -0.480 e. The topological polar surface area (TPSA) is 358 Å². The molecule has 0 aliphatic heterocycles. The van der Waals surface area contributed by atoms with E-state index in [1.165, 1.54) is 71.2 Å². The minimum atomic E-state index is -1.58. The average molecular weight is 1040 g/mol. The first-order chi connectivity index (χ1) is 33.3. The van der Waals surface area contributed by atoms with Gasteiger partial charge >= 0.3 is 23.9 Å². The number of hydrogen-bond acceptors (Lipinski definition) is 16. The van der Waals surface area contributed by atoms with Crippen LogP contribution in [0.2, 0.25) is 0 Å². The Labute approximate surface area is 413 Å². The van der Waals surface area contributed by atoms with Gasteiger partial charge in [-0.15, -0.1) is 22.7 Å². The molecule has 0 saturated carbocycles. The van der Waals surface area contributed by atoms with Crippen LogP contribution in [0.1, 0.15) is 76.9 Å². The van der Waals surface area contributed by atoms with Crippen LogP contribution in [-0.2, 0) is 38.4 Å². The summed E-state index contributed by atoms with van der Waals surface area (Å²) in [4.78, 5) is 150. The van der Waals surface area contributed by atoms with Gasteiger partial charge in [-0.1, -0.05) is 58.0 Å². The Hall–Kier alpha value is -7.42. The zero-order valence-corrected chi connectivity index (χ0v) is 39.6. The van der Waals surface area contributed by atoms with Gasteiger partial charge in [-0.25, -0.2) is 9.59 Å². The van der Waals surface area contributed by atoms with Gasteiger partial charge in [0.2, 0.25) is 35.2 Å². The number of hydrogen-bond donors (Lipinski definition) is 10. The highest BCUT2D eigenvalue weighted by Gasteiger charge is 2.28. The molecule has 0 aliphatic rings. The van der Waals surface area contributed by atoms with E-state index in [-0.39, 0.29) is 34.2 Å². The van der Waals surface area contributed by atoms with Crippen molar-refractivity contribution in [3.05, 3.63) is 116 Å². The summed E-state index contributed by atoms with van der Waals surface area (Å²) in [6, 6.07) is 11.6. The quantitative estimate of drug-likeness (QED) is 0.0210. The molecule has 0 bridgehead atoms. The summed E-state index contributed by atoms with van der Waals surface area (Å²) < 4.78 is 0. The second-order valence-electron chi connectivity index (χ2n) is 14.6. The van der Waals surface area contributed by atoms with Gasteiger partial charge in [-0.3, -0.25) is 47.9 Å². The lowest BCUT2D eigenvalue weighted by molar-refractivity contribution is -0.140. The molecule has 4 atom stereocenters. The number of carbonyl (C=O) groups excluding carboxylic acids is 8. The zero-order valence-electron chi connectivity index (χ0n) is 36.4. The predicted molar refractivity (Wildman–Crippen MR) is 255 cm³/mol. The van der Waals surface area contributed by atoms with Crippen molar-refractivity contribution in [1.29, 1.82) is 0 Å². The Balaban J connectivity index is 1.31. The molecule has 70 heavy (non-hydrogen) atoms. The highest BCUT2D eigenvalue weighted by atomic mass is 33.1. The number of nitrogens with one attached hydrogen (secondary N) is 6. The van der Waals surface area contributed by atoms with E-state index in [1.54, 1.807) is 35.0 Å². The molecular formula is C44H44N6O16S4. The molecule has 26 heteroatoms. The van der Waals surface area contributed by atoms with Gasteiger partial charge in [0.15, 0.2) is 0 Å². The Bertz CT molecular complexity index is 2380. The van der Waals surface area contributed by atoms with E-state index in [9.17, 15) is 67.7 Å². The monoisotopic (exact) mass is 1040 g/mol. The first-order valence-corrected chi connectivity index (χ1v) is 24.8. The third-order valence-corrected chi connectivity index (χ3v) is 13.7. The zero-order chi connectivity index (χ0) is 51.3. The van der Waals surface area contributed by atoms with E-state index in [2.05, 4.69) is 31.9 Å². The van der Waals surface area contributed by atoms with Crippen LogP contribution in [0.5, 0.6) is 0 Å². The van der Waals surface area contributed by atoms with Gasteiger partial charge in [-0.2, -0.15) is 0 Å². The summed E-state index contributed by atoms with van der Waals surface area (Å²) in [5, 5.41) is 54.8. The van der Waals surface area contributed by atoms with E-state index in [0.29, 0.717) is 20.9 Å². The van der Waals surface area contributed by atoms with Crippen LogP contribution in [-0.4, -0.2) is 140 Å². The number of aliphatic carboxylic acids is 4. The molecule has 6 amide bonds. The fourth-order valence-electron chi connectivity index (χ4n) is 5.90. The standard InChI is InChI=1S/C44H44N6O16S4/c51-33(15-13-27(43(63)64)49-39(59)25-9-5-23(6-10-25)37(57)31-3-1-17-67-31)47-29(41(61)45-19-35(53)54)21-69-70-22-30(42(62)46-20-36(55)56)48-34(52)16-14-28(44(65)66)50-40(60)26-11-7-24(8-12-26)38(58)32-4-2-18-68-32/h1-12,17-18,27-30H,13-16,19-22H2,(H,45,61)(H,46,62)(H,47,51)(H,48,52)(H,49,59)(H,50,60)(H,53,54)(H,55,56)(H,63,64)(H,65,66)/t27-,28-,29-,30-/m0/s1. The van der Waals surface area contributed by atoms with Gasteiger partial charge in [-0.05, 0) is 60.0 Å². The van der Waals surface area contributed by atoms with Crippen LogP contribution in [0.15, 0.2) is 83.6 Å². The highest BCUT2D eigenvalue weighted by molar-refractivity contribution is 8.76. The van der Waals surface area contributed by atoms with E-state index >= 15 is 0 Å². The fourth-order valence-corrected chi connectivity index (χ4v) is 9.60. The predicted octanol–water partition coefficient (Wildman–Crippen LogP) is 1.65. The van der Waals surface area contributed by atoms with Crippen molar-refractivity contribution >= 4 is 115 Å². The van der Waals surface area contributed by atoms with Crippen molar-refractivity contribution in [2.45, 2.75) is 49.9 Å². The normalized spacial score (nSPS) is 12.4. The molecule has 0 radical (unpaired) electrons. The third-order valence-electron chi connectivity index (χ3n) is 9.52. The fraction of sp³-hybridized carbons (Fsp3) is 0.273. The maximum atomic E-state index is 13.0. The molecule has 22 nitrogen and oxygen atoms in total. The first-order valence-electron chi connectivity index (χ1n) is 20.6. The third kappa shape index (κ3) is 17.9. The number of benzene rings is 2. The number of rotatable bonds is 29. The lowest BCUT2D eigenvalue weighted by Gasteiger charge is -2.20. The first kappa shape index (κ1) is 55.2. The van der Waals surface area contributed by atoms with Crippen molar-refractivity contribution in [2.75, 3.05) is 24.6 Å². The van der Waals surface area contributed by atoms with E-state index in [0.717, 1.165) is 21.6 Å². The van der Waals surface area contributed by atoms with Crippen LogP contribution >= 0.6 is 44.3 Å². The van der Waals surface area contributed by atoms with Gasteiger partial charge in [0.1, 0.15) is 37.3 Å². The Morgan fingerprint density at radius 1 is 0.457 bits per heavy atom. The molecule has 0 aliphatic carbocycles. The van der Waals surface area contributed by atoms with Gasteiger partial charge in [0.25, 0.3) is 11.8 Å². The lowest BCUT2D eigenvalue weighted by atomic mass is 10.1. The Kier molecular flexibility index (Phi) is 21.7. The number of carboxylic acids is 4. The molecule has 2 heterocycles. The summed E-state index contributed by atoms with van der Waals surface area (Å²) in [6.45, 7) is -1.68. The molecule has 0 unspecified atom stereocenters. The number of thiophene rings is 2. The Morgan fingerprint density at radius 2 is 0.800 bits per heavy atom. The highest BCUT2D eigenvalue weighted by Crippen LogP contribution is 2.24. The molecule has 0 fully saturated rings. The Morgan fingerprint density at radius 3 is 1.10 bits per heavy atom. The van der Waals surface area contributed by atoms with E-state index < -0.39 is 122 Å². The van der Waals surface area contributed by atoms with Crippen LogP contribution < -0.4 is 31.9 Å². The van der Waals surface area contributed by atoms with E-state index in [1.807, 2.05) is 0 Å². The molecule has 0 saturated heterocycles. The molecular weight excluding hydrogens is 997 g/mol. The van der Waals surface area contributed by atoms with Crippen LogP contribution in [0.25, 0.3) is 0 Å². The molecule has 0 spiro atoms. The second kappa shape index (κ2) is 27.5. The summed E-state index contributed by atoms with van der Waals surface area (Å²) in [6.07, 6.45) is -1.98. The maximum Gasteiger partial charge on any atom is 0.326 e. The number of carboxylic acid groups (broad SMARTS) is 4. The molecule has 2 aromatic carbocycles. The smallest absolute Gasteiger partial charge is 0.326 e. The van der Waals surface area contributed by atoms with E-state index in [4.69, 9.17) is 10.2 Å². The lowest BCUT2D eigenvalue weighted by Crippen LogP contribution is -2.50. The van der Waals surface area contributed by atoms with Crippen molar-refractivity contribution < 1.29 is 78.0 Å². The minimum absolute atomic E-state index is 0.0294. The van der Waals surface area contributed by atoms with Gasteiger partial charge in [0.05, 0.1) is 9.75 Å².